The minimum Gasteiger partial charge on any atom is -0.443 e. The zero-order valence-electron chi connectivity index (χ0n) is 12.5. The van der Waals surface area contributed by atoms with E-state index in [0.29, 0.717) is 23.8 Å². The van der Waals surface area contributed by atoms with Gasteiger partial charge < -0.3 is 15.4 Å². The van der Waals surface area contributed by atoms with Gasteiger partial charge in [0.15, 0.2) is 0 Å². The van der Waals surface area contributed by atoms with Gasteiger partial charge in [0.25, 0.3) is 0 Å². The summed E-state index contributed by atoms with van der Waals surface area (Å²) < 4.78 is 5.17. The number of hydrogen-bond donors (Lipinski definition) is 1. The summed E-state index contributed by atoms with van der Waals surface area (Å²) in [5.41, 5.74) is 7.15. The Kier molecular flexibility index (Phi) is 4.22. The number of carbonyl (C=O) groups is 1. The Morgan fingerprint density at radius 2 is 2.32 bits per heavy atom. The number of carbonyl (C=O) groups excluding carboxylic acids is 1. The fourth-order valence-corrected chi connectivity index (χ4v) is 2.98. The van der Waals surface area contributed by atoms with E-state index in [4.69, 9.17) is 22.1 Å². The Morgan fingerprint density at radius 3 is 2.95 bits per heavy atom. The molecule has 2 aliphatic heterocycles. The van der Waals surface area contributed by atoms with Gasteiger partial charge in [0.2, 0.25) is 0 Å². The SMILES string of the molecule is CN1CCCN=C1c1ccc(N2C[C@H](CN)OC2=O)cc1Cl. The van der Waals surface area contributed by atoms with E-state index >= 15 is 0 Å². The lowest BCUT2D eigenvalue weighted by Crippen LogP contribution is -2.33. The number of amides is 1. The van der Waals surface area contributed by atoms with Crippen LogP contribution in [0.25, 0.3) is 0 Å². The first-order valence-corrected chi connectivity index (χ1v) is 7.71. The quantitative estimate of drug-likeness (QED) is 0.919. The van der Waals surface area contributed by atoms with Gasteiger partial charge >= 0.3 is 6.09 Å². The van der Waals surface area contributed by atoms with Gasteiger partial charge in [0, 0.05) is 37.9 Å². The number of ether oxygens (including phenoxy) is 1. The van der Waals surface area contributed by atoms with Crippen LogP contribution in [0.3, 0.4) is 0 Å². The average Bonchev–Trinajstić information content (AvgIpc) is 2.89. The van der Waals surface area contributed by atoms with E-state index in [2.05, 4.69) is 9.89 Å². The number of aliphatic imine (C=N–C) groups is 1. The van der Waals surface area contributed by atoms with Crippen molar-refractivity contribution in [2.45, 2.75) is 12.5 Å². The molecule has 2 heterocycles. The summed E-state index contributed by atoms with van der Waals surface area (Å²) in [5.74, 6) is 0.895. The van der Waals surface area contributed by atoms with Crippen molar-refractivity contribution < 1.29 is 9.53 Å². The van der Waals surface area contributed by atoms with Crippen LogP contribution in [0.5, 0.6) is 0 Å². The molecule has 1 amide bonds. The van der Waals surface area contributed by atoms with Crippen molar-refractivity contribution >= 4 is 29.2 Å². The summed E-state index contributed by atoms with van der Waals surface area (Å²) in [7, 11) is 2.01. The van der Waals surface area contributed by atoms with E-state index in [0.717, 1.165) is 30.9 Å². The molecule has 2 N–H and O–H groups in total. The molecule has 0 aromatic heterocycles. The second-order valence-electron chi connectivity index (χ2n) is 5.50. The normalized spacial score (nSPS) is 21.9. The van der Waals surface area contributed by atoms with Gasteiger partial charge in [0.1, 0.15) is 11.9 Å². The molecule has 118 valence electrons. The summed E-state index contributed by atoms with van der Waals surface area (Å²) in [5, 5.41) is 0.578. The van der Waals surface area contributed by atoms with Crippen LogP contribution >= 0.6 is 11.6 Å². The van der Waals surface area contributed by atoms with Crippen LogP contribution in [-0.2, 0) is 4.74 Å². The first kappa shape index (κ1) is 15.1. The van der Waals surface area contributed by atoms with Gasteiger partial charge in [-0.15, -0.1) is 0 Å². The van der Waals surface area contributed by atoms with Crippen molar-refractivity contribution in [1.29, 1.82) is 0 Å². The Balaban J connectivity index is 1.87. The van der Waals surface area contributed by atoms with E-state index in [1.54, 1.807) is 11.0 Å². The molecule has 0 radical (unpaired) electrons. The zero-order chi connectivity index (χ0) is 15.7. The molecule has 1 atom stereocenters. The molecule has 0 spiro atoms. The Labute approximate surface area is 134 Å². The van der Waals surface area contributed by atoms with Crippen LogP contribution in [0, 0.1) is 0 Å². The Bertz CT molecular complexity index is 620. The minimum atomic E-state index is -0.383. The van der Waals surface area contributed by atoms with Crippen LogP contribution in [-0.4, -0.2) is 56.2 Å². The van der Waals surface area contributed by atoms with Crippen molar-refractivity contribution in [3.8, 4) is 0 Å². The third kappa shape index (κ3) is 2.76. The number of halogens is 1. The topological polar surface area (TPSA) is 71.2 Å². The number of rotatable bonds is 3. The van der Waals surface area contributed by atoms with Crippen LogP contribution < -0.4 is 10.6 Å². The fraction of sp³-hybridized carbons (Fsp3) is 0.467. The first-order chi connectivity index (χ1) is 10.6. The van der Waals surface area contributed by atoms with Gasteiger partial charge in [-0.1, -0.05) is 11.6 Å². The summed E-state index contributed by atoms with van der Waals surface area (Å²) in [6.45, 7) is 2.55. The third-order valence-corrected chi connectivity index (χ3v) is 4.23. The number of hydrogen-bond acceptors (Lipinski definition) is 5. The van der Waals surface area contributed by atoms with Crippen molar-refractivity contribution in [2.75, 3.05) is 38.1 Å². The first-order valence-electron chi connectivity index (χ1n) is 7.34. The molecule has 3 rings (SSSR count). The molecule has 22 heavy (non-hydrogen) atoms. The molecule has 0 saturated carbocycles. The van der Waals surface area contributed by atoms with Crippen LogP contribution in [0.4, 0.5) is 10.5 Å². The standard InChI is InChI=1S/C15H19ClN4O2/c1-19-6-2-5-18-14(19)12-4-3-10(7-13(12)16)20-9-11(8-17)22-15(20)21/h3-4,7,11H,2,5-6,8-9,17H2,1H3/t11-/m0/s1. The van der Waals surface area contributed by atoms with Crippen molar-refractivity contribution in [3.63, 3.8) is 0 Å². The molecule has 1 aromatic carbocycles. The summed E-state index contributed by atoms with van der Waals surface area (Å²) in [6.07, 6.45) is 0.404. The molecule has 0 unspecified atom stereocenters. The molecule has 1 fully saturated rings. The summed E-state index contributed by atoms with van der Waals surface area (Å²) in [6, 6.07) is 5.55. The molecular formula is C15H19ClN4O2. The van der Waals surface area contributed by atoms with Gasteiger partial charge in [-0.05, 0) is 24.6 Å². The number of anilines is 1. The summed E-state index contributed by atoms with van der Waals surface area (Å²) >= 11 is 6.41. The van der Waals surface area contributed by atoms with E-state index in [1.807, 2.05) is 19.2 Å². The van der Waals surface area contributed by atoms with Gasteiger partial charge in [-0.3, -0.25) is 9.89 Å². The maximum atomic E-state index is 11.9. The molecule has 6 nitrogen and oxygen atoms in total. The molecule has 2 aliphatic rings. The monoisotopic (exact) mass is 322 g/mol. The Morgan fingerprint density at radius 1 is 1.50 bits per heavy atom. The van der Waals surface area contributed by atoms with E-state index in [1.165, 1.54) is 0 Å². The molecule has 0 aliphatic carbocycles. The number of nitrogens with zero attached hydrogens (tertiary/aromatic N) is 3. The highest BCUT2D eigenvalue weighted by Crippen LogP contribution is 2.28. The van der Waals surface area contributed by atoms with Gasteiger partial charge in [-0.2, -0.15) is 0 Å². The van der Waals surface area contributed by atoms with Crippen LogP contribution in [0.15, 0.2) is 23.2 Å². The van der Waals surface area contributed by atoms with Gasteiger partial charge in [0.05, 0.1) is 11.6 Å². The minimum absolute atomic E-state index is 0.264. The Hall–Kier alpha value is -1.79. The molecule has 0 bridgehead atoms. The maximum Gasteiger partial charge on any atom is 0.414 e. The number of cyclic esters (lactones) is 1. The van der Waals surface area contributed by atoms with Crippen molar-refractivity contribution in [3.05, 3.63) is 28.8 Å². The smallest absolute Gasteiger partial charge is 0.414 e. The lowest BCUT2D eigenvalue weighted by atomic mass is 10.1. The number of benzene rings is 1. The largest absolute Gasteiger partial charge is 0.443 e. The average molecular weight is 323 g/mol. The van der Waals surface area contributed by atoms with Crippen LogP contribution in [0.2, 0.25) is 5.02 Å². The highest BCUT2D eigenvalue weighted by Gasteiger charge is 2.31. The highest BCUT2D eigenvalue weighted by molar-refractivity contribution is 6.34. The predicted octanol–water partition coefficient (Wildman–Crippen LogP) is 1.71. The zero-order valence-corrected chi connectivity index (χ0v) is 13.2. The van der Waals surface area contributed by atoms with E-state index in [9.17, 15) is 4.79 Å². The van der Waals surface area contributed by atoms with E-state index < -0.39 is 0 Å². The number of amidine groups is 1. The second-order valence-corrected chi connectivity index (χ2v) is 5.90. The molecule has 1 saturated heterocycles. The molecular weight excluding hydrogens is 304 g/mol. The van der Waals surface area contributed by atoms with E-state index in [-0.39, 0.29) is 12.2 Å². The number of nitrogens with two attached hydrogens (primary N) is 1. The lowest BCUT2D eigenvalue weighted by Gasteiger charge is -2.26. The highest BCUT2D eigenvalue weighted by atomic mass is 35.5. The van der Waals surface area contributed by atoms with Gasteiger partial charge in [-0.25, -0.2) is 4.79 Å². The van der Waals surface area contributed by atoms with Crippen LogP contribution in [0.1, 0.15) is 12.0 Å². The molecule has 1 aromatic rings. The van der Waals surface area contributed by atoms with Crippen molar-refractivity contribution in [2.24, 2.45) is 10.7 Å². The predicted molar refractivity (Wildman–Crippen MR) is 86.8 cm³/mol. The fourth-order valence-electron chi connectivity index (χ4n) is 2.72. The molecule has 7 heteroatoms. The lowest BCUT2D eigenvalue weighted by molar-refractivity contribution is 0.145. The maximum absolute atomic E-state index is 11.9. The third-order valence-electron chi connectivity index (χ3n) is 3.92. The summed E-state index contributed by atoms with van der Waals surface area (Å²) in [4.78, 5) is 20.1. The second kappa shape index (κ2) is 6.14. The van der Waals surface area contributed by atoms with Crippen molar-refractivity contribution in [1.82, 2.24) is 4.90 Å².